The first kappa shape index (κ1) is 14.3. The van der Waals surface area contributed by atoms with Crippen molar-refractivity contribution in [1.29, 1.82) is 0 Å². The fourth-order valence-corrected chi connectivity index (χ4v) is 1.51. The summed E-state index contributed by atoms with van der Waals surface area (Å²) in [5.41, 5.74) is 0.742. The van der Waals surface area contributed by atoms with E-state index in [9.17, 15) is 10.2 Å². The van der Waals surface area contributed by atoms with Gasteiger partial charge in [0.1, 0.15) is 12.4 Å². The molecule has 2 N–H and O–H groups in total. The summed E-state index contributed by atoms with van der Waals surface area (Å²) in [4.78, 5) is 0. The van der Waals surface area contributed by atoms with E-state index in [1.54, 1.807) is 25.1 Å². The van der Waals surface area contributed by atoms with Crippen molar-refractivity contribution in [3.05, 3.63) is 28.8 Å². The van der Waals surface area contributed by atoms with Gasteiger partial charge < -0.3 is 14.9 Å². The summed E-state index contributed by atoms with van der Waals surface area (Å²) in [6, 6.07) is 5.13. The third-order valence-electron chi connectivity index (χ3n) is 2.62. The quantitative estimate of drug-likeness (QED) is 0.854. The first-order chi connectivity index (χ1) is 7.91. The van der Waals surface area contributed by atoms with Gasteiger partial charge in [-0.25, -0.2) is 0 Å². The van der Waals surface area contributed by atoms with Crippen LogP contribution in [0.2, 0.25) is 5.02 Å². The predicted molar refractivity (Wildman–Crippen MR) is 68.4 cm³/mol. The lowest BCUT2D eigenvalue weighted by atomic mass is 10.1. The third kappa shape index (κ3) is 4.19. The van der Waals surface area contributed by atoms with Crippen molar-refractivity contribution in [2.45, 2.75) is 33.0 Å². The lowest BCUT2D eigenvalue weighted by molar-refractivity contribution is 0.0701. The number of rotatable bonds is 5. The van der Waals surface area contributed by atoms with Crippen LogP contribution in [0.4, 0.5) is 0 Å². The van der Waals surface area contributed by atoms with Crippen LogP contribution in [0.5, 0.6) is 5.75 Å². The number of aliphatic hydroxyl groups is 2. The first-order valence-electron chi connectivity index (χ1n) is 5.70. The summed E-state index contributed by atoms with van der Waals surface area (Å²) in [6.07, 6.45) is -1.06. The van der Waals surface area contributed by atoms with E-state index in [4.69, 9.17) is 16.3 Å². The molecule has 1 unspecified atom stereocenters. The van der Waals surface area contributed by atoms with E-state index in [1.165, 1.54) is 0 Å². The topological polar surface area (TPSA) is 49.7 Å². The second kappa shape index (κ2) is 6.24. The maximum atomic E-state index is 9.61. The normalized spacial score (nSPS) is 14.8. The second-order valence-corrected chi connectivity index (χ2v) is 4.90. The maximum Gasteiger partial charge on any atom is 0.138 e. The average Bonchev–Trinajstić information content (AvgIpc) is 2.26. The molecule has 0 aliphatic carbocycles. The number of hydrogen-bond acceptors (Lipinski definition) is 3. The highest BCUT2D eigenvalue weighted by molar-refractivity contribution is 6.32. The summed E-state index contributed by atoms with van der Waals surface area (Å²) in [5.74, 6) is 0.668. The monoisotopic (exact) mass is 258 g/mol. The van der Waals surface area contributed by atoms with Gasteiger partial charge >= 0.3 is 0 Å². The maximum absolute atomic E-state index is 9.61. The minimum Gasteiger partial charge on any atom is -0.489 e. The van der Waals surface area contributed by atoms with Crippen LogP contribution in [0.1, 0.15) is 32.4 Å². The number of benzene rings is 1. The van der Waals surface area contributed by atoms with Gasteiger partial charge in [-0.15, -0.1) is 0 Å². The van der Waals surface area contributed by atoms with E-state index < -0.39 is 12.2 Å². The number of halogens is 1. The number of aliphatic hydroxyl groups excluding tert-OH is 2. The van der Waals surface area contributed by atoms with Crippen LogP contribution in [-0.2, 0) is 0 Å². The molecule has 0 aliphatic heterocycles. The van der Waals surface area contributed by atoms with Crippen LogP contribution in [0.15, 0.2) is 18.2 Å². The SMILES string of the molecule is CC(C)C(O)COc1ccc([C@@H](C)O)cc1Cl. The Morgan fingerprint density at radius 2 is 1.88 bits per heavy atom. The minimum atomic E-state index is -0.553. The van der Waals surface area contributed by atoms with E-state index in [-0.39, 0.29) is 12.5 Å². The lowest BCUT2D eigenvalue weighted by Gasteiger charge is -2.16. The lowest BCUT2D eigenvalue weighted by Crippen LogP contribution is -2.23. The zero-order chi connectivity index (χ0) is 13.0. The Labute approximate surface area is 107 Å². The fourth-order valence-electron chi connectivity index (χ4n) is 1.26. The van der Waals surface area contributed by atoms with Crippen molar-refractivity contribution in [1.82, 2.24) is 0 Å². The van der Waals surface area contributed by atoms with Gasteiger partial charge in [0.2, 0.25) is 0 Å². The van der Waals surface area contributed by atoms with Crippen molar-refractivity contribution in [3.8, 4) is 5.75 Å². The Hall–Kier alpha value is -0.770. The highest BCUT2D eigenvalue weighted by Gasteiger charge is 2.12. The number of ether oxygens (including phenoxy) is 1. The van der Waals surface area contributed by atoms with Crippen molar-refractivity contribution in [2.24, 2.45) is 5.92 Å². The van der Waals surface area contributed by atoms with Gasteiger partial charge in [0.25, 0.3) is 0 Å². The largest absolute Gasteiger partial charge is 0.489 e. The molecule has 4 heteroatoms. The highest BCUT2D eigenvalue weighted by Crippen LogP contribution is 2.28. The molecule has 96 valence electrons. The molecule has 0 heterocycles. The molecule has 0 saturated carbocycles. The molecule has 0 bridgehead atoms. The Morgan fingerprint density at radius 3 is 2.35 bits per heavy atom. The molecule has 17 heavy (non-hydrogen) atoms. The van der Waals surface area contributed by atoms with E-state index in [0.717, 1.165) is 5.56 Å². The molecule has 0 amide bonds. The molecule has 0 spiro atoms. The van der Waals surface area contributed by atoms with E-state index in [2.05, 4.69) is 0 Å². The van der Waals surface area contributed by atoms with Gasteiger partial charge in [0.05, 0.1) is 17.2 Å². The van der Waals surface area contributed by atoms with Crippen molar-refractivity contribution < 1.29 is 14.9 Å². The predicted octanol–water partition coefficient (Wildman–Crippen LogP) is 2.79. The Balaban J connectivity index is 2.67. The van der Waals surface area contributed by atoms with Gasteiger partial charge in [-0.05, 0) is 30.5 Å². The van der Waals surface area contributed by atoms with Crippen LogP contribution in [-0.4, -0.2) is 22.9 Å². The van der Waals surface area contributed by atoms with Gasteiger partial charge in [-0.2, -0.15) is 0 Å². The molecule has 1 aromatic rings. The summed E-state index contributed by atoms with van der Waals surface area (Å²) < 4.78 is 5.43. The summed E-state index contributed by atoms with van der Waals surface area (Å²) in [6.45, 7) is 5.73. The van der Waals surface area contributed by atoms with E-state index in [0.29, 0.717) is 10.8 Å². The van der Waals surface area contributed by atoms with Crippen LogP contribution in [0.25, 0.3) is 0 Å². The zero-order valence-corrected chi connectivity index (χ0v) is 11.1. The highest BCUT2D eigenvalue weighted by atomic mass is 35.5. The van der Waals surface area contributed by atoms with Crippen molar-refractivity contribution >= 4 is 11.6 Å². The summed E-state index contributed by atoms with van der Waals surface area (Å²) in [7, 11) is 0. The fraction of sp³-hybridized carbons (Fsp3) is 0.538. The Bertz CT molecular complexity index is 364. The molecule has 0 aliphatic rings. The number of hydrogen-bond donors (Lipinski definition) is 2. The van der Waals surface area contributed by atoms with E-state index in [1.807, 2.05) is 13.8 Å². The van der Waals surface area contributed by atoms with E-state index >= 15 is 0 Å². The molecule has 0 saturated heterocycles. The smallest absolute Gasteiger partial charge is 0.138 e. The molecular weight excluding hydrogens is 240 g/mol. The van der Waals surface area contributed by atoms with Crippen LogP contribution >= 0.6 is 11.6 Å². The average molecular weight is 259 g/mol. The molecule has 0 radical (unpaired) electrons. The molecule has 1 rings (SSSR count). The first-order valence-corrected chi connectivity index (χ1v) is 6.08. The second-order valence-electron chi connectivity index (χ2n) is 4.49. The van der Waals surface area contributed by atoms with Crippen molar-refractivity contribution in [3.63, 3.8) is 0 Å². The van der Waals surface area contributed by atoms with Crippen molar-refractivity contribution in [2.75, 3.05) is 6.61 Å². The Morgan fingerprint density at radius 1 is 1.24 bits per heavy atom. The summed E-state index contributed by atoms with van der Waals surface area (Å²) in [5, 5.41) is 19.4. The van der Waals surface area contributed by atoms with Gasteiger partial charge in [0, 0.05) is 0 Å². The molecule has 3 nitrogen and oxygen atoms in total. The van der Waals surface area contributed by atoms with Gasteiger partial charge in [0.15, 0.2) is 0 Å². The summed E-state index contributed by atoms with van der Waals surface area (Å²) >= 11 is 6.02. The minimum absolute atomic E-state index is 0.144. The van der Waals surface area contributed by atoms with Crippen LogP contribution in [0.3, 0.4) is 0 Å². The molecule has 0 fully saturated rings. The molecule has 1 aromatic carbocycles. The van der Waals surface area contributed by atoms with Gasteiger partial charge in [-0.1, -0.05) is 31.5 Å². The Kier molecular flexibility index (Phi) is 5.25. The van der Waals surface area contributed by atoms with Crippen LogP contribution < -0.4 is 4.74 Å². The molecular formula is C13H19ClO3. The van der Waals surface area contributed by atoms with Crippen LogP contribution in [0, 0.1) is 5.92 Å². The third-order valence-corrected chi connectivity index (χ3v) is 2.91. The zero-order valence-electron chi connectivity index (χ0n) is 10.4. The molecule has 2 atom stereocenters. The van der Waals surface area contributed by atoms with Gasteiger partial charge in [-0.3, -0.25) is 0 Å². The standard InChI is InChI=1S/C13H19ClO3/c1-8(2)12(16)7-17-13-5-4-10(9(3)15)6-11(13)14/h4-6,8-9,12,15-16H,7H2,1-3H3/t9-,12?/m1/s1. The molecule has 0 aromatic heterocycles.